The van der Waals surface area contributed by atoms with E-state index in [0.717, 1.165) is 24.8 Å². The first-order valence-corrected chi connectivity index (χ1v) is 8.89. The van der Waals surface area contributed by atoms with Crippen LogP contribution in [-0.4, -0.2) is 31.6 Å². The first-order chi connectivity index (χ1) is 9.87. The second-order valence-corrected chi connectivity index (χ2v) is 7.85. The van der Waals surface area contributed by atoms with E-state index in [4.69, 9.17) is 0 Å². The SMILES string of the molecule is CCCC[C@@H]1CC(=O)[C@H]1N(C)S(=O)(=O)c1ccc(C)cc1. The number of ketones is 1. The average Bonchev–Trinajstić information content (AvgIpc) is 2.43. The molecule has 2 atom stereocenters. The molecule has 116 valence electrons. The van der Waals surface area contributed by atoms with E-state index in [9.17, 15) is 13.2 Å². The number of aryl methyl sites for hydroxylation is 1. The molecule has 0 aliphatic heterocycles. The fraction of sp³-hybridized carbons (Fsp3) is 0.562. The number of benzene rings is 1. The predicted molar refractivity (Wildman–Crippen MR) is 82.6 cm³/mol. The quantitative estimate of drug-likeness (QED) is 0.812. The van der Waals surface area contributed by atoms with Crippen molar-refractivity contribution in [2.75, 3.05) is 7.05 Å². The lowest BCUT2D eigenvalue weighted by molar-refractivity contribution is -0.133. The third-order valence-corrected chi connectivity index (χ3v) is 6.11. The number of sulfonamides is 1. The molecule has 0 bridgehead atoms. The normalized spacial score (nSPS) is 22.4. The molecule has 1 aliphatic carbocycles. The van der Waals surface area contributed by atoms with Crippen molar-refractivity contribution in [1.29, 1.82) is 0 Å². The average molecular weight is 309 g/mol. The van der Waals surface area contributed by atoms with Gasteiger partial charge in [0.15, 0.2) is 5.78 Å². The van der Waals surface area contributed by atoms with Crippen LogP contribution in [0.1, 0.15) is 38.2 Å². The zero-order valence-electron chi connectivity index (χ0n) is 12.9. The molecule has 0 saturated heterocycles. The zero-order chi connectivity index (χ0) is 15.6. The van der Waals surface area contributed by atoms with Gasteiger partial charge in [-0.1, -0.05) is 37.5 Å². The third kappa shape index (κ3) is 3.19. The molecule has 1 aromatic carbocycles. The van der Waals surface area contributed by atoms with Crippen LogP contribution in [0, 0.1) is 12.8 Å². The van der Waals surface area contributed by atoms with Gasteiger partial charge in [-0.05, 0) is 31.4 Å². The highest BCUT2D eigenvalue weighted by Crippen LogP contribution is 2.35. The number of carbonyl (C=O) groups is 1. The third-order valence-electron chi connectivity index (χ3n) is 4.26. The van der Waals surface area contributed by atoms with Crippen LogP contribution in [0.2, 0.25) is 0 Å². The Morgan fingerprint density at radius 1 is 1.24 bits per heavy atom. The summed E-state index contributed by atoms with van der Waals surface area (Å²) in [7, 11) is -2.07. The van der Waals surface area contributed by atoms with Crippen molar-refractivity contribution < 1.29 is 13.2 Å². The Kier molecular flexibility index (Phi) is 4.84. The van der Waals surface area contributed by atoms with Crippen LogP contribution in [0.15, 0.2) is 29.2 Å². The molecule has 0 aromatic heterocycles. The molecule has 0 radical (unpaired) electrons. The van der Waals surface area contributed by atoms with Crippen molar-refractivity contribution in [2.45, 2.75) is 50.5 Å². The maximum Gasteiger partial charge on any atom is 0.243 e. The summed E-state index contributed by atoms with van der Waals surface area (Å²) in [4.78, 5) is 12.1. The molecular weight excluding hydrogens is 286 g/mol. The van der Waals surface area contributed by atoms with Gasteiger partial charge >= 0.3 is 0 Å². The fourth-order valence-electron chi connectivity index (χ4n) is 2.85. The molecule has 1 fully saturated rings. The summed E-state index contributed by atoms with van der Waals surface area (Å²) in [6.45, 7) is 4.01. The Bertz CT molecular complexity index is 607. The van der Waals surface area contributed by atoms with Crippen LogP contribution in [0.3, 0.4) is 0 Å². The van der Waals surface area contributed by atoms with Gasteiger partial charge in [0.25, 0.3) is 0 Å². The van der Waals surface area contributed by atoms with E-state index in [-0.39, 0.29) is 16.6 Å². The number of nitrogens with zero attached hydrogens (tertiary/aromatic N) is 1. The van der Waals surface area contributed by atoms with Gasteiger partial charge in [-0.15, -0.1) is 0 Å². The lowest BCUT2D eigenvalue weighted by atomic mass is 9.75. The van der Waals surface area contributed by atoms with Crippen LogP contribution in [0.5, 0.6) is 0 Å². The summed E-state index contributed by atoms with van der Waals surface area (Å²) < 4.78 is 26.5. The molecule has 5 heteroatoms. The minimum atomic E-state index is -3.59. The van der Waals surface area contributed by atoms with E-state index in [1.807, 2.05) is 6.92 Å². The Hall–Kier alpha value is -1.20. The Morgan fingerprint density at radius 2 is 1.86 bits per heavy atom. The van der Waals surface area contributed by atoms with Crippen LogP contribution >= 0.6 is 0 Å². The summed E-state index contributed by atoms with van der Waals surface area (Å²) in [6, 6.07) is 6.27. The van der Waals surface area contributed by atoms with Crippen LogP contribution < -0.4 is 0 Å². The lowest BCUT2D eigenvalue weighted by Crippen LogP contribution is -2.54. The zero-order valence-corrected chi connectivity index (χ0v) is 13.7. The maximum atomic E-state index is 12.6. The number of rotatable bonds is 6. The van der Waals surface area contributed by atoms with E-state index >= 15 is 0 Å². The van der Waals surface area contributed by atoms with Crippen LogP contribution in [0.4, 0.5) is 0 Å². The lowest BCUT2D eigenvalue weighted by Gasteiger charge is -2.40. The van der Waals surface area contributed by atoms with Crippen molar-refractivity contribution in [3.8, 4) is 0 Å². The maximum absolute atomic E-state index is 12.6. The second kappa shape index (κ2) is 6.28. The minimum Gasteiger partial charge on any atom is -0.298 e. The fourth-order valence-corrected chi connectivity index (χ4v) is 4.25. The Balaban J connectivity index is 2.19. The molecule has 0 heterocycles. The molecule has 2 rings (SSSR count). The summed E-state index contributed by atoms with van der Waals surface area (Å²) in [6.07, 6.45) is 3.53. The smallest absolute Gasteiger partial charge is 0.243 e. The molecule has 21 heavy (non-hydrogen) atoms. The molecule has 0 unspecified atom stereocenters. The Labute approximate surface area is 127 Å². The highest BCUT2D eigenvalue weighted by atomic mass is 32.2. The summed E-state index contributed by atoms with van der Waals surface area (Å²) in [5.74, 6) is 0.206. The largest absolute Gasteiger partial charge is 0.298 e. The molecule has 0 N–H and O–H groups in total. The van der Waals surface area contributed by atoms with E-state index in [2.05, 4.69) is 6.92 Å². The highest BCUT2D eigenvalue weighted by molar-refractivity contribution is 7.89. The van der Waals surface area contributed by atoms with E-state index in [1.165, 1.54) is 11.4 Å². The van der Waals surface area contributed by atoms with E-state index < -0.39 is 16.1 Å². The van der Waals surface area contributed by atoms with Gasteiger partial charge < -0.3 is 0 Å². The van der Waals surface area contributed by atoms with Crippen LogP contribution in [-0.2, 0) is 14.8 Å². The molecule has 1 aliphatic rings. The predicted octanol–water partition coefficient (Wildman–Crippen LogP) is 2.76. The number of hydrogen-bond donors (Lipinski definition) is 0. The monoisotopic (exact) mass is 309 g/mol. The number of likely N-dealkylation sites (N-methyl/N-ethyl adjacent to an activating group) is 1. The van der Waals surface area contributed by atoms with Gasteiger partial charge in [0.2, 0.25) is 10.0 Å². The molecular formula is C16H23NO3S. The van der Waals surface area contributed by atoms with E-state index in [1.54, 1.807) is 24.3 Å². The van der Waals surface area contributed by atoms with Crippen molar-refractivity contribution in [3.63, 3.8) is 0 Å². The topological polar surface area (TPSA) is 54.5 Å². The second-order valence-electron chi connectivity index (χ2n) is 5.85. The van der Waals surface area contributed by atoms with E-state index in [0.29, 0.717) is 6.42 Å². The van der Waals surface area contributed by atoms with Crippen molar-refractivity contribution in [1.82, 2.24) is 4.31 Å². The van der Waals surface area contributed by atoms with Crippen LogP contribution in [0.25, 0.3) is 0 Å². The van der Waals surface area contributed by atoms with Gasteiger partial charge in [-0.3, -0.25) is 4.79 Å². The first-order valence-electron chi connectivity index (χ1n) is 7.45. The molecule has 1 saturated carbocycles. The number of carbonyl (C=O) groups excluding carboxylic acids is 1. The molecule has 1 aromatic rings. The standard InChI is InChI=1S/C16H23NO3S/c1-4-5-6-13-11-15(18)16(13)17(3)21(19,20)14-9-7-12(2)8-10-14/h7-10,13,16H,4-6,11H2,1-3H3/t13-,16+/m1/s1. The van der Waals surface area contributed by atoms with Gasteiger partial charge in [-0.2, -0.15) is 4.31 Å². The number of hydrogen-bond acceptors (Lipinski definition) is 3. The van der Waals surface area contributed by atoms with Crippen molar-refractivity contribution in [2.24, 2.45) is 5.92 Å². The highest BCUT2D eigenvalue weighted by Gasteiger charge is 2.45. The summed E-state index contributed by atoms with van der Waals surface area (Å²) in [5.41, 5.74) is 1.01. The summed E-state index contributed by atoms with van der Waals surface area (Å²) in [5, 5.41) is 0. The molecule has 0 spiro atoms. The first kappa shape index (κ1) is 16.2. The number of unbranched alkanes of at least 4 members (excludes halogenated alkanes) is 1. The van der Waals surface area contributed by atoms with Crippen molar-refractivity contribution in [3.05, 3.63) is 29.8 Å². The van der Waals surface area contributed by atoms with Gasteiger partial charge in [0.1, 0.15) is 0 Å². The van der Waals surface area contributed by atoms with Gasteiger partial charge in [0.05, 0.1) is 10.9 Å². The molecule has 0 amide bonds. The molecule has 4 nitrogen and oxygen atoms in total. The van der Waals surface area contributed by atoms with Gasteiger partial charge in [-0.25, -0.2) is 8.42 Å². The van der Waals surface area contributed by atoms with Gasteiger partial charge in [0, 0.05) is 13.5 Å². The number of Topliss-reactive ketones (excluding diaryl/α,β-unsaturated/α-hetero) is 1. The van der Waals surface area contributed by atoms with Crippen molar-refractivity contribution >= 4 is 15.8 Å². The summed E-state index contributed by atoms with van der Waals surface area (Å²) >= 11 is 0. The minimum absolute atomic E-state index is 0.0364. The Morgan fingerprint density at radius 3 is 2.38 bits per heavy atom.